The Bertz CT molecular complexity index is 817. The molecule has 0 saturated carbocycles. The minimum atomic E-state index is -0.366. The molecule has 0 fully saturated rings. The van der Waals surface area contributed by atoms with E-state index < -0.39 is 0 Å². The zero-order chi connectivity index (χ0) is 18.4. The normalized spacial score (nSPS) is 10.8. The summed E-state index contributed by atoms with van der Waals surface area (Å²) < 4.78 is 7.15. The van der Waals surface area contributed by atoms with E-state index in [0.29, 0.717) is 17.4 Å². The highest BCUT2D eigenvalue weighted by Gasteiger charge is 2.17. The predicted octanol–water partition coefficient (Wildman–Crippen LogP) is 4.34. The lowest BCUT2D eigenvalue weighted by Gasteiger charge is -2.15. The lowest BCUT2D eigenvalue weighted by Crippen LogP contribution is -2.23. The summed E-state index contributed by atoms with van der Waals surface area (Å²) in [6.07, 6.45) is 5.96. The molecule has 0 aliphatic rings. The van der Waals surface area contributed by atoms with Gasteiger partial charge in [-0.1, -0.05) is 31.8 Å². The molecule has 1 heterocycles. The van der Waals surface area contributed by atoms with Gasteiger partial charge in [-0.25, -0.2) is 0 Å². The number of hydrogen-bond acceptors (Lipinski definition) is 4. The van der Waals surface area contributed by atoms with Crippen LogP contribution < -0.4 is 10.3 Å². The Balaban J connectivity index is 2.48. The lowest BCUT2D eigenvalue weighted by atomic mass is 10.1. The predicted molar refractivity (Wildman–Crippen MR) is 101 cm³/mol. The standard InChI is InChI=1S/C20H27NO4/c1-4-5-6-7-11-21-17-13-15(22)8-9-16(17)18(23)19(20(21)24)25-12-10-14(2)3/h8-10,13,22-23H,4-7,11-12H2,1-3H3. The van der Waals surface area contributed by atoms with E-state index in [4.69, 9.17) is 4.74 Å². The quantitative estimate of drug-likeness (QED) is 0.551. The molecule has 0 aliphatic heterocycles. The number of fused-ring (bicyclic) bond motifs is 1. The monoisotopic (exact) mass is 345 g/mol. The number of hydrogen-bond donors (Lipinski definition) is 2. The summed E-state index contributed by atoms with van der Waals surface area (Å²) >= 11 is 0. The number of ether oxygens (including phenoxy) is 1. The second-order valence-electron chi connectivity index (χ2n) is 6.49. The van der Waals surface area contributed by atoms with Crippen LogP contribution in [0.5, 0.6) is 17.2 Å². The Labute approximate surface area is 148 Å². The number of nitrogens with zero attached hydrogens (tertiary/aromatic N) is 1. The molecule has 0 unspecified atom stereocenters. The summed E-state index contributed by atoms with van der Waals surface area (Å²) in [5.74, 6) is -0.148. The largest absolute Gasteiger partial charge is 0.508 e. The van der Waals surface area contributed by atoms with Gasteiger partial charge in [-0.3, -0.25) is 4.79 Å². The maximum absolute atomic E-state index is 12.8. The highest BCUT2D eigenvalue weighted by molar-refractivity contribution is 5.88. The van der Waals surface area contributed by atoms with Crippen LogP contribution in [-0.4, -0.2) is 21.4 Å². The van der Waals surface area contributed by atoms with E-state index in [1.165, 1.54) is 12.1 Å². The molecule has 0 spiro atoms. The molecule has 0 aliphatic carbocycles. The molecule has 1 aromatic heterocycles. The topological polar surface area (TPSA) is 71.7 Å². The van der Waals surface area contributed by atoms with Gasteiger partial charge in [-0.05, 0) is 38.5 Å². The Morgan fingerprint density at radius 3 is 2.64 bits per heavy atom. The van der Waals surface area contributed by atoms with Crippen LogP contribution in [-0.2, 0) is 6.54 Å². The third-order valence-corrected chi connectivity index (χ3v) is 4.14. The number of aryl methyl sites for hydroxylation is 1. The van der Waals surface area contributed by atoms with E-state index in [9.17, 15) is 15.0 Å². The number of unbranched alkanes of at least 4 members (excludes halogenated alkanes) is 3. The Hall–Kier alpha value is -2.43. The van der Waals surface area contributed by atoms with Crippen LogP contribution in [0.1, 0.15) is 46.5 Å². The van der Waals surface area contributed by atoms with Gasteiger partial charge in [0.05, 0.1) is 5.52 Å². The van der Waals surface area contributed by atoms with Crippen molar-refractivity contribution in [1.29, 1.82) is 0 Å². The fraction of sp³-hybridized carbons (Fsp3) is 0.450. The number of allylic oxidation sites excluding steroid dienone is 1. The van der Waals surface area contributed by atoms with Crippen molar-refractivity contribution in [2.45, 2.75) is 53.0 Å². The maximum Gasteiger partial charge on any atom is 0.297 e. The van der Waals surface area contributed by atoms with Gasteiger partial charge in [0.15, 0.2) is 5.75 Å². The second kappa shape index (κ2) is 8.60. The number of aromatic hydroxyl groups is 2. The van der Waals surface area contributed by atoms with Gasteiger partial charge < -0.3 is 19.5 Å². The molecule has 2 N–H and O–H groups in total. The van der Waals surface area contributed by atoms with E-state index in [1.807, 2.05) is 19.9 Å². The fourth-order valence-corrected chi connectivity index (χ4v) is 2.74. The van der Waals surface area contributed by atoms with Gasteiger partial charge in [0, 0.05) is 18.0 Å². The third-order valence-electron chi connectivity index (χ3n) is 4.14. The van der Waals surface area contributed by atoms with Crippen LogP contribution in [0.4, 0.5) is 0 Å². The Kier molecular flexibility index (Phi) is 6.51. The van der Waals surface area contributed by atoms with Crippen molar-refractivity contribution in [2.75, 3.05) is 6.61 Å². The number of pyridine rings is 1. The lowest BCUT2D eigenvalue weighted by molar-refractivity contribution is 0.328. The van der Waals surface area contributed by atoms with Crippen LogP contribution in [0.3, 0.4) is 0 Å². The molecular weight excluding hydrogens is 318 g/mol. The first kappa shape index (κ1) is 18.9. The van der Waals surface area contributed by atoms with Crippen LogP contribution >= 0.6 is 0 Å². The van der Waals surface area contributed by atoms with Crippen molar-refractivity contribution < 1.29 is 14.9 Å². The zero-order valence-electron chi connectivity index (χ0n) is 15.2. The van der Waals surface area contributed by atoms with Crippen LogP contribution in [0.2, 0.25) is 0 Å². The average molecular weight is 345 g/mol. The van der Waals surface area contributed by atoms with Gasteiger partial charge >= 0.3 is 0 Å². The summed E-state index contributed by atoms with van der Waals surface area (Å²) in [6, 6.07) is 4.61. The molecule has 0 radical (unpaired) electrons. The van der Waals surface area contributed by atoms with Crippen LogP contribution in [0.15, 0.2) is 34.6 Å². The molecule has 5 nitrogen and oxygen atoms in total. The van der Waals surface area contributed by atoms with Gasteiger partial charge in [-0.15, -0.1) is 0 Å². The molecule has 0 saturated heterocycles. The summed E-state index contributed by atoms with van der Waals surface area (Å²) in [5.41, 5.74) is 1.23. The minimum absolute atomic E-state index is 0.0359. The van der Waals surface area contributed by atoms with Crippen molar-refractivity contribution >= 4 is 10.9 Å². The molecule has 1 aromatic carbocycles. The molecular formula is C20H27NO4. The molecule has 25 heavy (non-hydrogen) atoms. The third kappa shape index (κ3) is 4.56. The maximum atomic E-state index is 12.8. The summed E-state index contributed by atoms with van der Waals surface area (Å²) in [4.78, 5) is 12.8. The number of rotatable bonds is 8. The van der Waals surface area contributed by atoms with Crippen molar-refractivity contribution in [1.82, 2.24) is 4.57 Å². The molecule has 0 atom stereocenters. The van der Waals surface area contributed by atoms with E-state index in [1.54, 1.807) is 10.6 Å². The fourth-order valence-electron chi connectivity index (χ4n) is 2.74. The van der Waals surface area contributed by atoms with Gasteiger partial charge in [0.25, 0.3) is 5.56 Å². The minimum Gasteiger partial charge on any atom is -0.508 e. The van der Waals surface area contributed by atoms with Crippen molar-refractivity contribution in [3.05, 3.63) is 40.2 Å². The molecule has 0 amide bonds. The first-order valence-corrected chi connectivity index (χ1v) is 8.80. The smallest absolute Gasteiger partial charge is 0.297 e. The van der Waals surface area contributed by atoms with Crippen LogP contribution in [0.25, 0.3) is 10.9 Å². The average Bonchev–Trinajstić information content (AvgIpc) is 2.56. The highest BCUT2D eigenvalue weighted by Crippen LogP contribution is 2.33. The van der Waals surface area contributed by atoms with E-state index >= 15 is 0 Å². The van der Waals surface area contributed by atoms with Gasteiger partial charge in [-0.2, -0.15) is 0 Å². The van der Waals surface area contributed by atoms with E-state index in [0.717, 1.165) is 31.3 Å². The van der Waals surface area contributed by atoms with Gasteiger partial charge in [0.1, 0.15) is 12.4 Å². The molecule has 2 aromatic rings. The van der Waals surface area contributed by atoms with Gasteiger partial charge in [0.2, 0.25) is 5.75 Å². The van der Waals surface area contributed by atoms with E-state index in [2.05, 4.69) is 6.92 Å². The first-order chi connectivity index (χ1) is 12.0. The Morgan fingerprint density at radius 2 is 1.96 bits per heavy atom. The summed E-state index contributed by atoms with van der Waals surface area (Å²) in [6.45, 7) is 6.77. The first-order valence-electron chi connectivity index (χ1n) is 8.80. The molecule has 136 valence electrons. The number of phenols is 1. The Morgan fingerprint density at radius 1 is 1.20 bits per heavy atom. The van der Waals surface area contributed by atoms with Crippen molar-refractivity contribution in [2.24, 2.45) is 0 Å². The summed E-state index contributed by atoms with van der Waals surface area (Å²) in [5, 5.41) is 20.8. The van der Waals surface area contributed by atoms with Crippen LogP contribution in [0, 0.1) is 0 Å². The van der Waals surface area contributed by atoms with Crippen molar-refractivity contribution in [3.8, 4) is 17.2 Å². The number of phenolic OH excluding ortho intramolecular Hbond substituents is 1. The molecule has 2 rings (SSSR count). The SMILES string of the molecule is CCCCCCn1c(=O)c(OCC=C(C)C)c(O)c2ccc(O)cc21. The van der Waals surface area contributed by atoms with E-state index in [-0.39, 0.29) is 29.4 Å². The highest BCUT2D eigenvalue weighted by atomic mass is 16.5. The second-order valence-corrected chi connectivity index (χ2v) is 6.49. The molecule has 0 bridgehead atoms. The summed E-state index contributed by atoms with van der Waals surface area (Å²) in [7, 11) is 0. The molecule has 5 heteroatoms. The van der Waals surface area contributed by atoms with Crippen molar-refractivity contribution in [3.63, 3.8) is 0 Å². The number of aromatic nitrogens is 1. The number of benzene rings is 1. The zero-order valence-corrected chi connectivity index (χ0v) is 15.2.